The van der Waals surface area contributed by atoms with Gasteiger partial charge in [-0.2, -0.15) is 0 Å². The van der Waals surface area contributed by atoms with E-state index in [4.69, 9.17) is 0 Å². The standard InChI is InChI=1S/C28H18FNS/c29-20-11-13-22(14-12-20)30(21-7-2-1-3-8-21)23-15-16-25-27(18-23)31-26-17-10-19-6-4-5-9-24(19)28(25)26/h1-18H. The van der Waals surface area contributed by atoms with Crippen molar-refractivity contribution in [1.82, 2.24) is 0 Å². The Bertz CT molecular complexity index is 1530. The van der Waals surface area contributed by atoms with Crippen molar-refractivity contribution in [3.05, 3.63) is 115 Å². The number of para-hydroxylation sites is 1. The highest BCUT2D eigenvalue weighted by atomic mass is 32.1. The summed E-state index contributed by atoms with van der Waals surface area (Å²) in [5, 5.41) is 5.14. The Morgan fingerprint density at radius 1 is 0.548 bits per heavy atom. The Morgan fingerprint density at radius 2 is 1.26 bits per heavy atom. The van der Waals surface area contributed by atoms with Crippen molar-refractivity contribution in [3.8, 4) is 0 Å². The van der Waals surface area contributed by atoms with Crippen LogP contribution >= 0.6 is 11.3 Å². The zero-order valence-corrected chi connectivity index (χ0v) is 17.4. The predicted octanol–water partition coefficient (Wildman–Crippen LogP) is 8.82. The summed E-state index contributed by atoms with van der Waals surface area (Å²) in [6.45, 7) is 0. The van der Waals surface area contributed by atoms with Gasteiger partial charge in [0.15, 0.2) is 0 Å². The molecule has 6 rings (SSSR count). The fourth-order valence-corrected chi connectivity index (χ4v) is 5.44. The Morgan fingerprint density at radius 3 is 2.10 bits per heavy atom. The number of nitrogens with zero attached hydrogens (tertiary/aromatic N) is 1. The van der Waals surface area contributed by atoms with Crippen LogP contribution in [0, 0.1) is 5.82 Å². The summed E-state index contributed by atoms with van der Waals surface area (Å²) in [4.78, 5) is 2.17. The Kier molecular flexibility index (Phi) is 4.22. The van der Waals surface area contributed by atoms with Crippen LogP contribution in [0.2, 0.25) is 0 Å². The molecule has 0 radical (unpaired) electrons. The average molecular weight is 420 g/mol. The highest BCUT2D eigenvalue weighted by Crippen LogP contribution is 2.42. The summed E-state index contributed by atoms with van der Waals surface area (Å²) < 4.78 is 16.1. The van der Waals surface area contributed by atoms with Gasteiger partial charge in [0.1, 0.15) is 5.82 Å². The molecule has 0 amide bonds. The molecular weight excluding hydrogens is 401 g/mol. The molecule has 0 N–H and O–H groups in total. The van der Waals surface area contributed by atoms with Gasteiger partial charge in [-0.05, 0) is 65.4 Å². The van der Waals surface area contributed by atoms with Crippen LogP contribution in [0.5, 0.6) is 0 Å². The third kappa shape index (κ3) is 3.06. The fraction of sp³-hybridized carbons (Fsp3) is 0. The molecule has 1 heterocycles. The van der Waals surface area contributed by atoms with Crippen molar-refractivity contribution in [3.63, 3.8) is 0 Å². The Labute approximate surface area is 183 Å². The summed E-state index contributed by atoms with van der Waals surface area (Å²) in [5.74, 6) is -0.233. The molecular formula is C28H18FNS. The molecule has 148 valence electrons. The molecule has 0 aliphatic heterocycles. The molecule has 0 atom stereocenters. The van der Waals surface area contributed by atoms with Crippen LogP contribution in [0.3, 0.4) is 0 Å². The van der Waals surface area contributed by atoms with Gasteiger partial charge in [-0.3, -0.25) is 0 Å². The van der Waals surface area contributed by atoms with E-state index in [0.29, 0.717) is 0 Å². The molecule has 1 nitrogen and oxygen atoms in total. The molecule has 0 fully saturated rings. The number of anilines is 3. The van der Waals surface area contributed by atoms with E-state index in [1.807, 2.05) is 41.7 Å². The number of hydrogen-bond acceptors (Lipinski definition) is 2. The van der Waals surface area contributed by atoms with Crippen molar-refractivity contribution in [1.29, 1.82) is 0 Å². The summed E-state index contributed by atoms with van der Waals surface area (Å²) >= 11 is 1.81. The van der Waals surface area contributed by atoms with Gasteiger partial charge in [-0.25, -0.2) is 4.39 Å². The van der Waals surface area contributed by atoms with E-state index < -0.39 is 0 Å². The van der Waals surface area contributed by atoms with Crippen LogP contribution in [0.15, 0.2) is 109 Å². The van der Waals surface area contributed by atoms with Gasteiger partial charge in [0.25, 0.3) is 0 Å². The van der Waals surface area contributed by atoms with Gasteiger partial charge in [-0.15, -0.1) is 11.3 Å². The minimum atomic E-state index is -0.233. The van der Waals surface area contributed by atoms with Gasteiger partial charge in [0, 0.05) is 37.2 Å². The highest BCUT2D eigenvalue weighted by molar-refractivity contribution is 7.26. The third-order valence-electron chi connectivity index (χ3n) is 5.70. The number of benzene rings is 5. The first-order chi connectivity index (χ1) is 15.3. The van der Waals surface area contributed by atoms with Gasteiger partial charge >= 0.3 is 0 Å². The minimum Gasteiger partial charge on any atom is -0.310 e. The fourth-order valence-electron chi connectivity index (χ4n) is 4.29. The first kappa shape index (κ1) is 18.1. The summed E-state index contributed by atoms with van der Waals surface area (Å²) in [6.07, 6.45) is 0. The van der Waals surface area contributed by atoms with Gasteiger partial charge in [0.2, 0.25) is 0 Å². The van der Waals surface area contributed by atoms with Crippen LogP contribution in [-0.4, -0.2) is 0 Å². The predicted molar refractivity (Wildman–Crippen MR) is 131 cm³/mol. The summed E-state index contributed by atoms with van der Waals surface area (Å²) in [5.41, 5.74) is 3.03. The molecule has 0 aliphatic rings. The second kappa shape index (κ2) is 7.22. The van der Waals surface area contributed by atoms with Crippen molar-refractivity contribution in [2.24, 2.45) is 0 Å². The van der Waals surface area contributed by atoms with E-state index in [-0.39, 0.29) is 5.82 Å². The van der Waals surface area contributed by atoms with Crippen LogP contribution in [0.4, 0.5) is 21.5 Å². The SMILES string of the molecule is Fc1ccc(N(c2ccccc2)c2ccc3c(c2)sc2ccc4ccccc4c23)cc1. The van der Waals surface area contributed by atoms with Crippen molar-refractivity contribution >= 4 is 59.3 Å². The first-order valence-electron chi connectivity index (χ1n) is 10.2. The molecule has 31 heavy (non-hydrogen) atoms. The molecule has 6 aromatic rings. The molecule has 5 aromatic carbocycles. The number of fused-ring (bicyclic) bond motifs is 5. The lowest BCUT2D eigenvalue weighted by Crippen LogP contribution is -2.09. The molecule has 3 heteroatoms. The lowest BCUT2D eigenvalue weighted by Gasteiger charge is -2.25. The van der Waals surface area contributed by atoms with Gasteiger partial charge in [-0.1, -0.05) is 54.6 Å². The molecule has 1 aromatic heterocycles. The number of rotatable bonds is 3. The van der Waals surface area contributed by atoms with Crippen LogP contribution < -0.4 is 4.90 Å². The van der Waals surface area contributed by atoms with Gasteiger partial charge < -0.3 is 4.90 Å². The van der Waals surface area contributed by atoms with E-state index in [9.17, 15) is 4.39 Å². The van der Waals surface area contributed by atoms with Crippen molar-refractivity contribution in [2.45, 2.75) is 0 Å². The second-order valence-corrected chi connectivity index (χ2v) is 8.67. The summed E-state index contributed by atoms with van der Waals surface area (Å²) in [7, 11) is 0. The van der Waals surface area contributed by atoms with E-state index >= 15 is 0 Å². The Balaban J connectivity index is 1.58. The van der Waals surface area contributed by atoms with E-state index in [2.05, 4.69) is 71.6 Å². The quantitative estimate of drug-likeness (QED) is 0.277. The number of hydrogen-bond donors (Lipinski definition) is 0. The maximum atomic E-state index is 13.6. The van der Waals surface area contributed by atoms with Crippen LogP contribution in [-0.2, 0) is 0 Å². The van der Waals surface area contributed by atoms with E-state index in [1.165, 1.54) is 43.1 Å². The molecule has 0 bridgehead atoms. The monoisotopic (exact) mass is 419 g/mol. The van der Waals surface area contributed by atoms with Crippen LogP contribution in [0.1, 0.15) is 0 Å². The van der Waals surface area contributed by atoms with Crippen molar-refractivity contribution < 1.29 is 4.39 Å². The van der Waals surface area contributed by atoms with E-state index in [0.717, 1.165) is 17.1 Å². The smallest absolute Gasteiger partial charge is 0.123 e. The Hall–Kier alpha value is -3.69. The second-order valence-electron chi connectivity index (χ2n) is 7.59. The third-order valence-corrected chi connectivity index (χ3v) is 6.82. The zero-order valence-electron chi connectivity index (χ0n) is 16.6. The molecule has 0 unspecified atom stereocenters. The molecule has 0 saturated carbocycles. The zero-order chi connectivity index (χ0) is 20.8. The van der Waals surface area contributed by atoms with Gasteiger partial charge in [0.05, 0.1) is 0 Å². The number of halogens is 1. The first-order valence-corrected chi connectivity index (χ1v) is 11.0. The lowest BCUT2D eigenvalue weighted by molar-refractivity contribution is 0.628. The average Bonchev–Trinajstić information content (AvgIpc) is 3.20. The molecule has 0 aliphatic carbocycles. The maximum Gasteiger partial charge on any atom is 0.123 e. The number of thiophene rings is 1. The van der Waals surface area contributed by atoms with Crippen LogP contribution in [0.25, 0.3) is 30.9 Å². The lowest BCUT2D eigenvalue weighted by atomic mass is 10.0. The van der Waals surface area contributed by atoms with E-state index in [1.54, 1.807) is 0 Å². The topological polar surface area (TPSA) is 3.24 Å². The largest absolute Gasteiger partial charge is 0.310 e. The molecule has 0 spiro atoms. The highest BCUT2D eigenvalue weighted by Gasteiger charge is 2.15. The summed E-state index contributed by atoms with van der Waals surface area (Å²) in [6, 6.07) is 36.5. The minimum absolute atomic E-state index is 0.233. The van der Waals surface area contributed by atoms with Crippen molar-refractivity contribution in [2.75, 3.05) is 4.90 Å². The maximum absolute atomic E-state index is 13.6. The molecule has 0 saturated heterocycles. The normalized spacial score (nSPS) is 11.4.